The van der Waals surface area contributed by atoms with Gasteiger partial charge in [-0.05, 0) is 55.5 Å². The second kappa shape index (κ2) is 6.91. The number of nitrogens with zero attached hydrogens (tertiary/aromatic N) is 1. The van der Waals surface area contributed by atoms with Gasteiger partial charge in [-0.3, -0.25) is 9.59 Å². The third-order valence-electron chi connectivity index (χ3n) is 4.42. The van der Waals surface area contributed by atoms with E-state index in [-0.39, 0.29) is 17.6 Å². The molecule has 1 aliphatic heterocycles. The summed E-state index contributed by atoms with van der Waals surface area (Å²) in [7, 11) is 0. The fraction of sp³-hybridized carbons (Fsp3) is 0.368. The average Bonchev–Trinajstić information content (AvgIpc) is 3.11. The van der Waals surface area contributed by atoms with Crippen molar-refractivity contribution in [1.29, 1.82) is 0 Å². The van der Waals surface area contributed by atoms with Gasteiger partial charge >= 0.3 is 0 Å². The standard InChI is InChI=1S/C19H22N2O3/c1-13-5-3-9-21(12-13)19(23)15-8-7-14(2)16(11-15)20-18(22)17-6-4-10-24-17/h4,6-8,10-11,13H,3,5,9,12H2,1-2H3,(H,20,22). The van der Waals surface area contributed by atoms with Crippen molar-refractivity contribution in [3.8, 4) is 0 Å². The van der Waals surface area contributed by atoms with Crippen LogP contribution in [0.3, 0.4) is 0 Å². The molecule has 0 saturated carbocycles. The molecule has 2 amide bonds. The van der Waals surface area contributed by atoms with E-state index >= 15 is 0 Å². The molecule has 126 valence electrons. The van der Waals surface area contributed by atoms with Crippen molar-refractivity contribution in [3.63, 3.8) is 0 Å². The van der Waals surface area contributed by atoms with Crippen LogP contribution in [0.4, 0.5) is 5.69 Å². The molecule has 0 radical (unpaired) electrons. The lowest BCUT2D eigenvalue weighted by molar-refractivity contribution is 0.0683. The van der Waals surface area contributed by atoms with Crippen LogP contribution in [0.5, 0.6) is 0 Å². The van der Waals surface area contributed by atoms with Crippen LogP contribution in [-0.2, 0) is 0 Å². The Morgan fingerprint density at radius 1 is 1.29 bits per heavy atom. The summed E-state index contributed by atoms with van der Waals surface area (Å²) >= 11 is 0. The number of benzene rings is 1. The van der Waals surface area contributed by atoms with E-state index in [9.17, 15) is 9.59 Å². The lowest BCUT2D eigenvalue weighted by Crippen LogP contribution is -2.39. The largest absolute Gasteiger partial charge is 0.459 e. The van der Waals surface area contributed by atoms with Crippen molar-refractivity contribution in [1.82, 2.24) is 4.90 Å². The van der Waals surface area contributed by atoms with Crippen molar-refractivity contribution in [3.05, 3.63) is 53.5 Å². The predicted molar refractivity (Wildman–Crippen MR) is 92.1 cm³/mol. The smallest absolute Gasteiger partial charge is 0.291 e. The molecular weight excluding hydrogens is 304 g/mol. The van der Waals surface area contributed by atoms with Gasteiger partial charge in [0.05, 0.1) is 6.26 Å². The first-order valence-electron chi connectivity index (χ1n) is 8.29. The van der Waals surface area contributed by atoms with Crippen LogP contribution >= 0.6 is 0 Å². The van der Waals surface area contributed by atoms with E-state index in [1.807, 2.05) is 24.0 Å². The molecule has 0 bridgehead atoms. The maximum Gasteiger partial charge on any atom is 0.291 e. The Kier molecular flexibility index (Phi) is 4.69. The van der Waals surface area contributed by atoms with Gasteiger partial charge in [0.25, 0.3) is 11.8 Å². The highest BCUT2D eigenvalue weighted by Gasteiger charge is 2.22. The quantitative estimate of drug-likeness (QED) is 0.935. The number of hydrogen-bond donors (Lipinski definition) is 1. The first-order valence-corrected chi connectivity index (χ1v) is 8.29. The van der Waals surface area contributed by atoms with E-state index in [4.69, 9.17) is 4.42 Å². The van der Waals surface area contributed by atoms with Crippen molar-refractivity contribution in [2.24, 2.45) is 5.92 Å². The Morgan fingerprint density at radius 3 is 2.83 bits per heavy atom. The monoisotopic (exact) mass is 326 g/mol. The summed E-state index contributed by atoms with van der Waals surface area (Å²) in [6.07, 6.45) is 3.67. The number of likely N-dealkylation sites (tertiary alicyclic amines) is 1. The summed E-state index contributed by atoms with van der Waals surface area (Å²) in [6.45, 7) is 5.66. The van der Waals surface area contributed by atoms with Gasteiger partial charge in [-0.15, -0.1) is 0 Å². The molecule has 1 atom stereocenters. The summed E-state index contributed by atoms with van der Waals surface area (Å²) in [5.74, 6) is 0.483. The molecule has 2 aromatic rings. The van der Waals surface area contributed by atoms with Crippen LogP contribution in [0.15, 0.2) is 41.0 Å². The second-order valence-electron chi connectivity index (χ2n) is 6.46. The summed E-state index contributed by atoms with van der Waals surface area (Å²) in [6, 6.07) is 8.70. The summed E-state index contributed by atoms with van der Waals surface area (Å²) < 4.78 is 5.10. The van der Waals surface area contributed by atoms with Crippen molar-refractivity contribution in [2.45, 2.75) is 26.7 Å². The maximum atomic E-state index is 12.7. The molecule has 1 aromatic carbocycles. The van der Waals surface area contributed by atoms with Gasteiger partial charge in [0.2, 0.25) is 0 Å². The molecular formula is C19H22N2O3. The van der Waals surface area contributed by atoms with Crippen LogP contribution in [0, 0.1) is 12.8 Å². The van der Waals surface area contributed by atoms with E-state index < -0.39 is 0 Å². The molecule has 1 aliphatic rings. The fourth-order valence-corrected chi connectivity index (χ4v) is 3.04. The molecule has 3 rings (SSSR count). The zero-order chi connectivity index (χ0) is 17.1. The van der Waals surface area contributed by atoms with Gasteiger partial charge in [-0.25, -0.2) is 0 Å². The van der Waals surface area contributed by atoms with E-state index in [1.54, 1.807) is 18.2 Å². The van der Waals surface area contributed by atoms with E-state index in [2.05, 4.69) is 12.2 Å². The highest BCUT2D eigenvalue weighted by atomic mass is 16.3. The van der Waals surface area contributed by atoms with Crippen LogP contribution in [0.2, 0.25) is 0 Å². The minimum absolute atomic E-state index is 0.0232. The number of anilines is 1. The Bertz CT molecular complexity index is 737. The molecule has 1 aromatic heterocycles. The third kappa shape index (κ3) is 3.50. The van der Waals surface area contributed by atoms with E-state index in [0.717, 1.165) is 25.1 Å². The zero-order valence-corrected chi connectivity index (χ0v) is 14.0. The number of nitrogens with one attached hydrogen (secondary N) is 1. The fourth-order valence-electron chi connectivity index (χ4n) is 3.04. The van der Waals surface area contributed by atoms with Gasteiger partial charge in [0, 0.05) is 24.3 Å². The van der Waals surface area contributed by atoms with Gasteiger partial charge in [-0.2, -0.15) is 0 Å². The number of amides is 2. The average molecular weight is 326 g/mol. The number of piperidine rings is 1. The third-order valence-corrected chi connectivity index (χ3v) is 4.42. The van der Waals surface area contributed by atoms with Crippen molar-refractivity contribution >= 4 is 17.5 Å². The number of carbonyl (C=O) groups is 2. The summed E-state index contributed by atoms with van der Waals surface area (Å²) in [5.41, 5.74) is 2.13. The first-order chi connectivity index (χ1) is 11.5. The maximum absolute atomic E-state index is 12.7. The highest BCUT2D eigenvalue weighted by Crippen LogP contribution is 2.22. The molecule has 1 fully saturated rings. The number of hydrogen-bond acceptors (Lipinski definition) is 3. The van der Waals surface area contributed by atoms with E-state index in [1.165, 1.54) is 12.7 Å². The van der Waals surface area contributed by atoms with Gasteiger partial charge in [0.15, 0.2) is 5.76 Å². The Labute approximate surface area is 141 Å². The van der Waals surface area contributed by atoms with Crippen LogP contribution in [0.1, 0.15) is 46.2 Å². The molecule has 2 heterocycles. The topological polar surface area (TPSA) is 62.6 Å². The lowest BCUT2D eigenvalue weighted by atomic mass is 9.99. The van der Waals surface area contributed by atoms with Gasteiger partial charge in [0.1, 0.15) is 0 Å². The molecule has 1 N–H and O–H groups in total. The number of carbonyl (C=O) groups excluding carboxylic acids is 2. The minimum atomic E-state index is -0.320. The predicted octanol–water partition coefficient (Wildman–Crippen LogP) is 3.71. The van der Waals surface area contributed by atoms with Crippen molar-refractivity contribution in [2.75, 3.05) is 18.4 Å². The van der Waals surface area contributed by atoms with Crippen molar-refractivity contribution < 1.29 is 14.0 Å². The number of furan rings is 1. The van der Waals surface area contributed by atoms with Gasteiger partial charge in [-0.1, -0.05) is 13.0 Å². The SMILES string of the molecule is Cc1ccc(C(=O)N2CCCC(C)C2)cc1NC(=O)c1ccco1. The Hall–Kier alpha value is -2.56. The molecule has 1 saturated heterocycles. The minimum Gasteiger partial charge on any atom is -0.459 e. The molecule has 5 heteroatoms. The Morgan fingerprint density at radius 2 is 2.12 bits per heavy atom. The molecule has 1 unspecified atom stereocenters. The molecule has 0 spiro atoms. The first kappa shape index (κ1) is 16.3. The molecule has 0 aliphatic carbocycles. The highest BCUT2D eigenvalue weighted by molar-refractivity contribution is 6.03. The zero-order valence-electron chi connectivity index (χ0n) is 14.0. The van der Waals surface area contributed by atoms with Gasteiger partial charge < -0.3 is 14.6 Å². The lowest BCUT2D eigenvalue weighted by Gasteiger charge is -2.31. The number of rotatable bonds is 3. The van der Waals surface area contributed by atoms with E-state index in [0.29, 0.717) is 17.2 Å². The second-order valence-corrected chi connectivity index (χ2v) is 6.46. The summed E-state index contributed by atoms with van der Waals surface area (Å²) in [5, 5.41) is 2.82. The summed E-state index contributed by atoms with van der Waals surface area (Å²) in [4.78, 5) is 26.8. The molecule has 24 heavy (non-hydrogen) atoms. The van der Waals surface area contributed by atoms with Crippen LogP contribution < -0.4 is 5.32 Å². The normalized spacial score (nSPS) is 17.6. The number of aryl methyl sites for hydroxylation is 1. The van der Waals surface area contributed by atoms with Crippen LogP contribution in [-0.4, -0.2) is 29.8 Å². The molecule has 5 nitrogen and oxygen atoms in total. The van der Waals surface area contributed by atoms with Crippen LogP contribution in [0.25, 0.3) is 0 Å². The Balaban J connectivity index is 1.78.